The van der Waals surface area contributed by atoms with Crippen LogP contribution in [-0.2, 0) is 0 Å². The van der Waals surface area contributed by atoms with Crippen LogP contribution in [0.25, 0.3) is 88.0 Å². The van der Waals surface area contributed by atoms with Crippen LogP contribution >= 0.6 is 0 Å². The lowest BCUT2D eigenvalue weighted by atomic mass is 9.84. The minimum absolute atomic E-state index is 0.0228. The highest BCUT2D eigenvalue weighted by Gasteiger charge is 2.20. The van der Waals surface area contributed by atoms with Crippen LogP contribution in [0.2, 0.25) is 0 Å². The Hall–Kier alpha value is -5.92. The molecule has 8 aromatic carbocycles. The summed E-state index contributed by atoms with van der Waals surface area (Å²) >= 11 is 0. The van der Waals surface area contributed by atoms with Gasteiger partial charge in [-0.1, -0.05) is 145 Å². The molecule has 0 aliphatic carbocycles. The van der Waals surface area contributed by atoms with Crippen LogP contribution in [0, 0.1) is 0 Å². The normalized spacial score (nSPS) is 16.5. The van der Waals surface area contributed by atoms with Crippen molar-refractivity contribution in [3.05, 3.63) is 169 Å². The van der Waals surface area contributed by atoms with Gasteiger partial charge in [-0.15, -0.1) is 0 Å². The molecule has 0 radical (unpaired) electrons. The van der Waals surface area contributed by atoms with Crippen LogP contribution in [0.5, 0.6) is 0 Å². The molecule has 0 atom stereocenters. The third kappa shape index (κ3) is 4.17. The van der Waals surface area contributed by atoms with Crippen molar-refractivity contribution in [3.63, 3.8) is 0 Å². The van der Waals surface area contributed by atoms with E-state index < -0.39 is 84.1 Å². The van der Waals surface area contributed by atoms with E-state index in [1.54, 1.807) is 54.6 Å². The summed E-state index contributed by atoms with van der Waals surface area (Å²) in [4.78, 5) is 0. The second kappa shape index (κ2) is 10.4. The Bertz CT molecular complexity index is 3330. The van der Waals surface area contributed by atoms with Gasteiger partial charge in [0, 0.05) is 16.3 Å². The highest BCUT2D eigenvalue weighted by atomic mass is 16.3. The van der Waals surface area contributed by atoms with Crippen molar-refractivity contribution in [1.29, 1.82) is 0 Å². The number of rotatable bonds is 4. The molecular weight excluding hydrogens is 544 g/mol. The van der Waals surface area contributed by atoms with Gasteiger partial charge >= 0.3 is 0 Å². The van der Waals surface area contributed by atoms with Crippen molar-refractivity contribution in [3.8, 4) is 44.5 Å². The van der Waals surface area contributed by atoms with Crippen LogP contribution in [-0.4, -0.2) is 0 Å². The Balaban J connectivity index is 1.46. The molecule has 0 fully saturated rings. The van der Waals surface area contributed by atoms with Gasteiger partial charge < -0.3 is 4.42 Å². The first-order valence-corrected chi connectivity index (χ1v) is 14.1. The number of fused-ring (bicyclic) bond motifs is 5. The standard InChI is InChI=1S/C44H28O/c1-3-14-29(15-4-1)31-18-13-19-32(26-31)42-35-21-7-9-23-37(35)43(38-24-10-8-22-36(38)42)33-27-39(30-16-5-2-6-17-30)44-40(28-33)34-20-11-12-25-41(34)45-44/h1-28H/i1D,2D,3D,4D,5D,6D,11D,12D,14D,15D,16D,17D,20D,25D,27D,28D. The van der Waals surface area contributed by atoms with E-state index in [-0.39, 0.29) is 56.8 Å². The fourth-order valence-electron chi connectivity index (χ4n) is 6.06. The second-order valence-corrected chi connectivity index (χ2v) is 10.4. The lowest BCUT2D eigenvalue weighted by Crippen LogP contribution is -1.92. The average Bonchev–Trinajstić information content (AvgIpc) is 3.67. The molecule has 1 heterocycles. The molecule has 210 valence electrons. The molecular formula is C44H28O. The number of para-hydroxylation sites is 1. The molecule has 0 unspecified atom stereocenters. The fraction of sp³-hybridized carbons (Fsp3) is 0. The monoisotopic (exact) mass is 588 g/mol. The van der Waals surface area contributed by atoms with Crippen molar-refractivity contribution in [2.24, 2.45) is 0 Å². The molecule has 0 aliphatic heterocycles. The first-order valence-electron chi connectivity index (χ1n) is 22.1. The van der Waals surface area contributed by atoms with Gasteiger partial charge in [0.15, 0.2) is 0 Å². The van der Waals surface area contributed by atoms with Crippen LogP contribution in [0.3, 0.4) is 0 Å². The molecule has 1 heteroatoms. The third-order valence-electron chi connectivity index (χ3n) is 7.93. The summed E-state index contributed by atoms with van der Waals surface area (Å²) in [6, 6.07) is 12.7. The molecule has 0 saturated heterocycles. The van der Waals surface area contributed by atoms with Gasteiger partial charge in [0.05, 0.1) is 21.9 Å². The summed E-state index contributed by atoms with van der Waals surface area (Å²) in [6.07, 6.45) is 0. The summed E-state index contributed by atoms with van der Waals surface area (Å²) in [5.41, 5.74) is 0.630. The van der Waals surface area contributed by atoms with Crippen molar-refractivity contribution in [1.82, 2.24) is 0 Å². The lowest BCUT2D eigenvalue weighted by Gasteiger charge is -2.19. The quantitative estimate of drug-likeness (QED) is 0.186. The van der Waals surface area contributed by atoms with Gasteiger partial charge in [0.2, 0.25) is 0 Å². The molecule has 0 N–H and O–H groups in total. The van der Waals surface area contributed by atoms with Crippen molar-refractivity contribution in [2.75, 3.05) is 0 Å². The maximum absolute atomic E-state index is 9.92. The van der Waals surface area contributed by atoms with Gasteiger partial charge in [0.1, 0.15) is 11.2 Å². The zero-order valence-corrected chi connectivity index (χ0v) is 23.3. The van der Waals surface area contributed by atoms with E-state index in [0.717, 1.165) is 0 Å². The van der Waals surface area contributed by atoms with Gasteiger partial charge in [-0.05, 0) is 84.7 Å². The fourth-order valence-corrected chi connectivity index (χ4v) is 6.06. The summed E-state index contributed by atoms with van der Waals surface area (Å²) in [5, 5.41) is 1.97. The highest BCUT2D eigenvalue weighted by molar-refractivity contribution is 6.23. The first-order chi connectivity index (χ1) is 29.0. The topological polar surface area (TPSA) is 13.1 Å². The SMILES string of the molecule is [2H]c1c([2H])c([2H])c(-c2cccc(-c3c4ccccc4c(-c4c([2H])c(-c5c([2H])c([2H])c([2H])c([2H])c5[2H])c5oc6c([2H])c([2H])c([2H])c([2H])c6c5c4[2H])c4ccccc34)c2)c([2H])c1[2H]. The summed E-state index contributed by atoms with van der Waals surface area (Å²) < 4.78 is 146. The van der Waals surface area contributed by atoms with Crippen LogP contribution < -0.4 is 0 Å². The number of hydrogen-bond acceptors (Lipinski definition) is 1. The van der Waals surface area contributed by atoms with E-state index in [1.807, 2.05) is 18.2 Å². The molecule has 45 heavy (non-hydrogen) atoms. The minimum Gasteiger partial charge on any atom is -0.455 e. The second-order valence-electron chi connectivity index (χ2n) is 10.4. The molecule has 0 amide bonds. The molecule has 1 aromatic heterocycles. The average molecular weight is 589 g/mol. The molecule has 0 bridgehead atoms. The van der Waals surface area contributed by atoms with Crippen molar-refractivity contribution in [2.45, 2.75) is 0 Å². The summed E-state index contributed by atoms with van der Waals surface area (Å²) in [7, 11) is 0. The first kappa shape index (κ1) is 14.2. The molecule has 0 saturated carbocycles. The van der Waals surface area contributed by atoms with Gasteiger partial charge in [-0.2, -0.15) is 0 Å². The highest BCUT2D eigenvalue weighted by Crippen LogP contribution is 2.47. The van der Waals surface area contributed by atoms with E-state index in [0.29, 0.717) is 43.8 Å². The summed E-state index contributed by atoms with van der Waals surface area (Å²) in [5.74, 6) is 0. The smallest absolute Gasteiger partial charge is 0.143 e. The third-order valence-corrected chi connectivity index (χ3v) is 7.93. The van der Waals surface area contributed by atoms with Crippen LogP contribution in [0.4, 0.5) is 0 Å². The Morgan fingerprint density at radius 1 is 0.400 bits per heavy atom. The van der Waals surface area contributed by atoms with Gasteiger partial charge in [-0.3, -0.25) is 0 Å². The van der Waals surface area contributed by atoms with Crippen molar-refractivity contribution >= 4 is 43.5 Å². The zero-order valence-electron chi connectivity index (χ0n) is 39.3. The van der Waals surface area contributed by atoms with E-state index >= 15 is 0 Å². The number of furan rings is 1. The molecule has 1 nitrogen and oxygen atoms in total. The van der Waals surface area contributed by atoms with Crippen LogP contribution in [0.1, 0.15) is 21.9 Å². The van der Waals surface area contributed by atoms with E-state index in [4.69, 9.17) is 23.6 Å². The number of hydrogen-bond donors (Lipinski definition) is 0. The zero-order chi connectivity index (χ0) is 43.7. The molecule has 9 aromatic rings. The Morgan fingerprint density at radius 2 is 0.956 bits per heavy atom. The van der Waals surface area contributed by atoms with Gasteiger partial charge in [0.25, 0.3) is 0 Å². The minimum atomic E-state index is -0.688. The van der Waals surface area contributed by atoms with E-state index in [2.05, 4.69) is 0 Å². The Kier molecular flexibility index (Phi) is 3.28. The largest absolute Gasteiger partial charge is 0.455 e. The maximum atomic E-state index is 9.92. The predicted molar refractivity (Wildman–Crippen MR) is 190 cm³/mol. The Labute approximate surface area is 284 Å². The molecule has 0 aliphatic rings. The lowest BCUT2D eigenvalue weighted by molar-refractivity contribution is 0.670. The van der Waals surface area contributed by atoms with Crippen molar-refractivity contribution < 1.29 is 26.3 Å². The van der Waals surface area contributed by atoms with Crippen LogP contribution in [0.15, 0.2) is 174 Å². The predicted octanol–water partition coefficient (Wildman–Crippen LogP) is 12.6. The maximum Gasteiger partial charge on any atom is 0.143 e. The summed E-state index contributed by atoms with van der Waals surface area (Å²) in [6.45, 7) is 0. The Morgan fingerprint density at radius 3 is 1.62 bits per heavy atom. The van der Waals surface area contributed by atoms with Gasteiger partial charge in [-0.25, -0.2) is 0 Å². The molecule has 9 rings (SSSR count). The molecule has 0 spiro atoms. The number of benzene rings is 8. The van der Waals surface area contributed by atoms with E-state index in [9.17, 15) is 2.74 Å². The van der Waals surface area contributed by atoms with E-state index in [1.165, 1.54) is 0 Å².